The van der Waals surface area contributed by atoms with Crippen LogP contribution in [0, 0.1) is 11.8 Å². The number of rotatable bonds is 6. The van der Waals surface area contributed by atoms with Crippen LogP contribution in [0.4, 0.5) is 8.78 Å². The zero-order valence-corrected chi connectivity index (χ0v) is 16.9. The molecule has 6 heteroatoms. The van der Waals surface area contributed by atoms with E-state index in [1.165, 1.54) is 18.2 Å². The van der Waals surface area contributed by atoms with E-state index in [0.29, 0.717) is 22.9 Å². The number of benzene rings is 1. The number of hydrogen-bond acceptors (Lipinski definition) is 2. The zero-order valence-electron chi connectivity index (χ0n) is 16.9. The summed E-state index contributed by atoms with van der Waals surface area (Å²) in [7, 11) is 0. The molecule has 0 bridgehead atoms. The van der Waals surface area contributed by atoms with E-state index >= 15 is 0 Å². The maximum Gasteiger partial charge on any atom is 0.335 e. The number of pyridine rings is 1. The molecule has 0 fully saturated rings. The second-order valence-corrected chi connectivity index (χ2v) is 6.97. The van der Waals surface area contributed by atoms with Crippen LogP contribution in [0.15, 0.2) is 55.3 Å². The van der Waals surface area contributed by atoms with Crippen molar-refractivity contribution >= 4 is 11.5 Å². The van der Waals surface area contributed by atoms with Gasteiger partial charge in [0.1, 0.15) is 5.75 Å². The van der Waals surface area contributed by atoms with E-state index in [-0.39, 0.29) is 28.5 Å². The minimum Gasteiger partial charge on any atom is -0.490 e. The zero-order chi connectivity index (χ0) is 22.1. The van der Waals surface area contributed by atoms with Crippen LogP contribution >= 0.6 is 0 Å². The molecule has 0 radical (unpaired) electrons. The molecule has 1 N–H and O–H groups in total. The summed E-state index contributed by atoms with van der Waals surface area (Å²) in [5.41, 5.74) is 1.76. The van der Waals surface area contributed by atoms with Gasteiger partial charge in [0.05, 0.1) is 34.0 Å². The van der Waals surface area contributed by atoms with E-state index < -0.39 is 11.9 Å². The van der Waals surface area contributed by atoms with Crippen LogP contribution in [0.3, 0.4) is 0 Å². The Morgan fingerprint density at radius 1 is 1.27 bits per heavy atom. The lowest BCUT2D eigenvalue weighted by molar-refractivity contribution is 0.0490. The summed E-state index contributed by atoms with van der Waals surface area (Å²) >= 11 is 0. The molecule has 0 aliphatic carbocycles. The maximum atomic E-state index is 15.0. The highest BCUT2D eigenvalue weighted by molar-refractivity contribution is 5.88. The van der Waals surface area contributed by atoms with Crippen LogP contribution < -0.4 is 4.74 Å². The molecule has 0 aliphatic heterocycles. The SMILES string of the molecule is C=CC(F)(F)c1c(OC(C)C)ccn2c(-c3ccc(C(=O)O)cc3)cc(C#CC)c12. The Labute approximate surface area is 173 Å². The first-order valence-corrected chi connectivity index (χ1v) is 9.32. The number of carboxylic acids is 1. The topological polar surface area (TPSA) is 50.9 Å². The molecule has 3 rings (SSSR count). The fourth-order valence-electron chi connectivity index (χ4n) is 3.29. The highest BCUT2D eigenvalue weighted by atomic mass is 19.3. The molecule has 0 saturated heterocycles. The Kier molecular flexibility index (Phi) is 5.66. The summed E-state index contributed by atoms with van der Waals surface area (Å²) in [5, 5.41) is 9.12. The maximum absolute atomic E-state index is 15.0. The van der Waals surface area contributed by atoms with E-state index in [2.05, 4.69) is 18.4 Å². The van der Waals surface area contributed by atoms with Crippen LogP contribution in [-0.2, 0) is 5.92 Å². The normalized spacial score (nSPS) is 11.3. The highest BCUT2D eigenvalue weighted by Gasteiger charge is 2.35. The summed E-state index contributed by atoms with van der Waals surface area (Å²) in [6, 6.07) is 9.42. The number of fused-ring (bicyclic) bond motifs is 1. The molecular formula is C24H21F2NO3. The molecule has 4 nitrogen and oxygen atoms in total. The predicted octanol–water partition coefficient (Wildman–Crippen LogP) is 5.74. The van der Waals surface area contributed by atoms with Gasteiger partial charge in [-0.1, -0.05) is 24.6 Å². The van der Waals surface area contributed by atoms with Crippen molar-refractivity contribution in [1.82, 2.24) is 4.40 Å². The third-order valence-corrected chi connectivity index (χ3v) is 4.53. The number of ether oxygens (including phenoxy) is 1. The van der Waals surface area contributed by atoms with Crippen LogP contribution in [0.2, 0.25) is 0 Å². The molecule has 0 saturated carbocycles. The van der Waals surface area contributed by atoms with Gasteiger partial charge in [0.2, 0.25) is 0 Å². The van der Waals surface area contributed by atoms with E-state index in [9.17, 15) is 13.6 Å². The highest BCUT2D eigenvalue weighted by Crippen LogP contribution is 2.42. The predicted molar refractivity (Wildman–Crippen MR) is 112 cm³/mol. The number of aromatic carboxylic acids is 1. The van der Waals surface area contributed by atoms with Gasteiger partial charge in [-0.3, -0.25) is 0 Å². The van der Waals surface area contributed by atoms with Gasteiger partial charge in [0.15, 0.2) is 0 Å². The molecule has 2 aromatic heterocycles. The second kappa shape index (κ2) is 8.03. The summed E-state index contributed by atoms with van der Waals surface area (Å²) < 4.78 is 37.2. The van der Waals surface area contributed by atoms with E-state index in [1.807, 2.05) is 0 Å². The molecule has 0 amide bonds. The van der Waals surface area contributed by atoms with Crippen molar-refractivity contribution in [3.63, 3.8) is 0 Å². The summed E-state index contributed by atoms with van der Waals surface area (Å²) in [6.45, 7) is 8.45. The Hall–Kier alpha value is -3.59. The van der Waals surface area contributed by atoms with Crippen molar-refractivity contribution in [2.24, 2.45) is 0 Å². The van der Waals surface area contributed by atoms with Gasteiger partial charge in [0.25, 0.3) is 5.92 Å². The molecular weight excluding hydrogens is 388 g/mol. The van der Waals surface area contributed by atoms with Crippen LogP contribution in [0.25, 0.3) is 16.8 Å². The molecule has 0 atom stereocenters. The first kappa shape index (κ1) is 21.1. The summed E-state index contributed by atoms with van der Waals surface area (Å²) in [4.78, 5) is 11.1. The van der Waals surface area contributed by atoms with Crippen molar-refractivity contribution < 1.29 is 23.4 Å². The van der Waals surface area contributed by atoms with Crippen molar-refractivity contribution in [2.75, 3.05) is 0 Å². The van der Waals surface area contributed by atoms with Gasteiger partial charge in [-0.2, -0.15) is 8.78 Å². The lowest BCUT2D eigenvalue weighted by atomic mass is 10.0. The van der Waals surface area contributed by atoms with Gasteiger partial charge in [0, 0.05) is 6.20 Å². The molecule has 30 heavy (non-hydrogen) atoms. The van der Waals surface area contributed by atoms with E-state index in [4.69, 9.17) is 9.84 Å². The van der Waals surface area contributed by atoms with Gasteiger partial charge in [-0.25, -0.2) is 4.79 Å². The lowest BCUT2D eigenvalue weighted by Crippen LogP contribution is -2.16. The van der Waals surface area contributed by atoms with Crippen molar-refractivity contribution in [3.8, 4) is 28.8 Å². The average molecular weight is 409 g/mol. The minimum atomic E-state index is -3.35. The number of carboxylic acid groups (broad SMARTS) is 1. The Bertz CT molecular complexity index is 1180. The number of nitrogens with zero attached hydrogens (tertiary/aromatic N) is 1. The molecule has 0 spiro atoms. The number of hydrogen-bond donors (Lipinski definition) is 1. The van der Waals surface area contributed by atoms with E-state index in [0.717, 1.165) is 0 Å². The number of alkyl halides is 2. The van der Waals surface area contributed by atoms with Crippen LogP contribution in [0.5, 0.6) is 5.75 Å². The second-order valence-electron chi connectivity index (χ2n) is 6.97. The summed E-state index contributed by atoms with van der Waals surface area (Å²) in [6.07, 6.45) is 1.94. The Morgan fingerprint density at radius 3 is 2.47 bits per heavy atom. The quantitative estimate of drug-likeness (QED) is 0.417. The number of halogens is 2. The van der Waals surface area contributed by atoms with Crippen LogP contribution in [-0.4, -0.2) is 21.6 Å². The van der Waals surface area contributed by atoms with Gasteiger partial charge in [-0.05, 0) is 56.7 Å². The lowest BCUT2D eigenvalue weighted by Gasteiger charge is -2.21. The first-order chi connectivity index (χ1) is 14.2. The Balaban J connectivity index is 2.37. The van der Waals surface area contributed by atoms with Gasteiger partial charge in [-0.15, -0.1) is 5.92 Å². The Morgan fingerprint density at radius 2 is 1.93 bits per heavy atom. The molecule has 0 aliphatic rings. The third-order valence-electron chi connectivity index (χ3n) is 4.53. The fraction of sp³-hybridized carbons (Fsp3) is 0.208. The number of allylic oxidation sites excluding steroid dienone is 1. The minimum absolute atomic E-state index is 0.0624. The smallest absolute Gasteiger partial charge is 0.335 e. The van der Waals surface area contributed by atoms with Crippen molar-refractivity contribution in [2.45, 2.75) is 32.8 Å². The summed E-state index contributed by atoms with van der Waals surface area (Å²) in [5.74, 6) is 1.34. The molecule has 1 aromatic carbocycles. The van der Waals surface area contributed by atoms with Crippen LogP contribution in [0.1, 0.15) is 42.3 Å². The van der Waals surface area contributed by atoms with E-state index in [1.54, 1.807) is 49.6 Å². The standard InChI is InChI=1S/C24H21F2NO3/c1-5-7-18-14-19(16-8-10-17(11-9-16)23(28)29)27-13-12-20(30-15(3)4)21(22(18)27)24(25,26)6-2/h6,8-15H,2H2,1,3-4H3,(H,28,29). The van der Waals surface area contributed by atoms with Crippen molar-refractivity contribution in [1.29, 1.82) is 0 Å². The number of aromatic nitrogens is 1. The molecule has 2 heterocycles. The van der Waals surface area contributed by atoms with Crippen molar-refractivity contribution in [3.05, 3.63) is 71.9 Å². The monoisotopic (exact) mass is 409 g/mol. The first-order valence-electron chi connectivity index (χ1n) is 9.32. The molecule has 0 unspecified atom stereocenters. The fourth-order valence-corrected chi connectivity index (χ4v) is 3.29. The third kappa shape index (κ3) is 3.79. The van der Waals surface area contributed by atoms with Gasteiger partial charge >= 0.3 is 5.97 Å². The molecule has 154 valence electrons. The van der Waals surface area contributed by atoms with Gasteiger partial charge < -0.3 is 14.2 Å². The molecule has 3 aromatic rings. The number of carbonyl (C=O) groups is 1. The largest absolute Gasteiger partial charge is 0.490 e. The average Bonchev–Trinajstić information content (AvgIpc) is 3.06.